The Bertz CT molecular complexity index is 581. The van der Waals surface area contributed by atoms with Gasteiger partial charge in [0.2, 0.25) is 0 Å². The molecule has 2 aromatic heterocycles. The van der Waals surface area contributed by atoms with Crippen LogP contribution < -0.4 is 16.6 Å². The number of amides is 1. The van der Waals surface area contributed by atoms with Gasteiger partial charge in [-0.15, -0.1) is 0 Å². The van der Waals surface area contributed by atoms with E-state index < -0.39 is 11.7 Å². The molecule has 0 aliphatic rings. The molecule has 0 radical (unpaired) electrons. The summed E-state index contributed by atoms with van der Waals surface area (Å²) in [5.74, 6) is 3.94. The van der Waals surface area contributed by atoms with E-state index in [1.165, 1.54) is 23.1 Å². The molecule has 0 fully saturated rings. The largest absolute Gasteiger partial charge is 0.307 e. The van der Waals surface area contributed by atoms with Gasteiger partial charge < -0.3 is 10.7 Å². The van der Waals surface area contributed by atoms with Crippen molar-refractivity contribution in [3.05, 3.63) is 35.9 Å². The zero-order valence-electron chi connectivity index (χ0n) is 9.51. The van der Waals surface area contributed by atoms with E-state index in [2.05, 4.69) is 20.8 Å². The highest BCUT2D eigenvalue weighted by Gasteiger charge is 2.16. The Morgan fingerprint density at radius 2 is 2.22 bits per heavy atom. The van der Waals surface area contributed by atoms with E-state index in [9.17, 15) is 9.18 Å². The molecule has 2 heterocycles. The molecule has 0 atom stereocenters. The molecule has 94 valence electrons. The van der Waals surface area contributed by atoms with Gasteiger partial charge in [0.05, 0.1) is 11.8 Å². The van der Waals surface area contributed by atoms with Gasteiger partial charge in [0.1, 0.15) is 5.82 Å². The minimum atomic E-state index is -0.806. The fraction of sp³-hybridized carbons (Fsp3) is 0.100. The second-order valence-electron chi connectivity index (χ2n) is 3.46. The number of anilines is 2. The van der Waals surface area contributed by atoms with E-state index in [-0.39, 0.29) is 11.4 Å². The summed E-state index contributed by atoms with van der Waals surface area (Å²) >= 11 is 0. The summed E-state index contributed by atoms with van der Waals surface area (Å²) in [6, 6.07) is 2.86. The standard InChI is InChI=1S/C10H11FN6O/c1-17-7(3-5-14-17)15-10(18)6-2-4-13-9(16-12)8(6)11/h2-5H,12H2,1H3,(H,13,16)(H,15,18). The van der Waals surface area contributed by atoms with Gasteiger partial charge in [0.25, 0.3) is 5.91 Å². The number of nitrogens with two attached hydrogens (primary N) is 1. The lowest BCUT2D eigenvalue weighted by atomic mass is 10.2. The first-order valence-corrected chi connectivity index (χ1v) is 5.04. The lowest BCUT2D eigenvalue weighted by molar-refractivity contribution is 0.102. The Kier molecular flexibility index (Phi) is 3.20. The molecule has 0 unspecified atom stereocenters. The molecule has 7 nitrogen and oxygen atoms in total. The maximum Gasteiger partial charge on any atom is 0.259 e. The summed E-state index contributed by atoms with van der Waals surface area (Å²) in [5, 5.41) is 6.41. The average molecular weight is 250 g/mol. The van der Waals surface area contributed by atoms with Crippen LogP contribution in [-0.4, -0.2) is 20.7 Å². The summed E-state index contributed by atoms with van der Waals surface area (Å²) in [6.45, 7) is 0. The number of hydrogen-bond donors (Lipinski definition) is 3. The third-order valence-electron chi connectivity index (χ3n) is 2.33. The van der Waals surface area contributed by atoms with Crippen molar-refractivity contribution in [2.45, 2.75) is 0 Å². The Morgan fingerprint density at radius 1 is 1.44 bits per heavy atom. The number of carbonyl (C=O) groups is 1. The molecule has 0 bridgehead atoms. The van der Waals surface area contributed by atoms with Crippen LogP contribution in [0.25, 0.3) is 0 Å². The third-order valence-corrected chi connectivity index (χ3v) is 2.33. The molecule has 18 heavy (non-hydrogen) atoms. The number of nitrogen functional groups attached to an aromatic ring is 1. The van der Waals surface area contributed by atoms with Crippen LogP contribution in [0.15, 0.2) is 24.5 Å². The first-order valence-electron chi connectivity index (χ1n) is 5.04. The minimum absolute atomic E-state index is 0.154. The molecule has 0 spiro atoms. The van der Waals surface area contributed by atoms with Gasteiger partial charge in [-0.1, -0.05) is 0 Å². The molecule has 0 aliphatic heterocycles. The van der Waals surface area contributed by atoms with Crippen LogP contribution in [0.4, 0.5) is 16.0 Å². The molecular weight excluding hydrogens is 239 g/mol. The predicted octanol–water partition coefficient (Wildman–Crippen LogP) is 0.492. The lowest BCUT2D eigenvalue weighted by Crippen LogP contribution is -2.18. The predicted molar refractivity (Wildman–Crippen MR) is 63.2 cm³/mol. The van der Waals surface area contributed by atoms with Crippen molar-refractivity contribution >= 4 is 17.5 Å². The number of pyridine rings is 1. The maximum absolute atomic E-state index is 13.8. The quantitative estimate of drug-likeness (QED) is 0.544. The van der Waals surface area contributed by atoms with Crippen LogP contribution in [0.5, 0.6) is 0 Å². The van der Waals surface area contributed by atoms with Gasteiger partial charge in [-0.3, -0.25) is 9.48 Å². The molecule has 8 heteroatoms. The Hall–Kier alpha value is -2.48. The normalized spacial score (nSPS) is 10.2. The highest BCUT2D eigenvalue weighted by atomic mass is 19.1. The number of aromatic nitrogens is 3. The van der Waals surface area contributed by atoms with Gasteiger partial charge >= 0.3 is 0 Å². The summed E-state index contributed by atoms with van der Waals surface area (Å²) in [4.78, 5) is 15.5. The van der Waals surface area contributed by atoms with Crippen molar-refractivity contribution in [2.75, 3.05) is 10.7 Å². The first kappa shape index (κ1) is 12.0. The molecular formula is C10H11FN6O. The number of halogens is 1. The molecule has 4 N–H and O–H groups in total. The van der Waals surface area contributed by atoms with Crippen molar-refractivity contribution in [1.29, 1.82) is 0 Å². The van der Waals surface area contributed by atoms with Crippen molar-refractivity contribution in [2.24, 2.45) is 12.9 Å². The van der Waals surface area contributed by atoms with Crippen molar-refractivity contribution < 1.29 is 9.18 Å². The smallest absolute Gasteiger partial charge is 0.259 e. The molecule has 2 rings (SSSR count). The van der Waals surface area contributed by atoms with E-state index in [4.69, 9.17) is 5.84 Å². The highest BCUT2D eigenvalue weighted by Crippen LogP contribution is 2.15. The average Bonchev–Trinajstić information content (AvgIpc) is 2.75. The van der Waals surface area contributed by atoms with E-state index in [0.717, 1.165) is 0 Å². The number of nitrogens with one attached hydrogen (secondary N) is 2. The van der Waals surface area contributed by atoms with E-state index in [1.807, 2.05) is 0 Å². The summed E-state index contributed by atoms with van der Waals surface area (Å²) in [7, 11) is 1.66. The van der Waals surface area contributed by atoms with E-state index in [0.29, 0.717) is 5.82 Å². The summed E-state index contributed by atoms with van der Waals surface area (Å²) < 4.78 is 15.2. The Balaban J connectivity index is 2.27. The molecule has 1 amide bonds. The van der Waals surface area contributed by atoms with Crippen LogP contribution in [0, 0.1) is 5.82 Å². The van der Waals surface area contributed by atoms with Crippen molar-refractivity contribution in [1.82, 2.24) is 14.8 Å². The second-order valence-corrected chi connectivity index (χ2v) is 3.46. The topological polar surface area (TPSA) is 97.9 Å². The van der Waals surface area contributed by atoms with Gasteiger partial charge in [0, 0.05) is 19.3 Å². The summed E-state index contributed by atoms with van der Waals surface area (Å²) in [5.41, 5.74) is 1.92. The minimum Gasteiger partial charge on any atom is -0.307 e. The summed E-state index contributed by atoms with van der Waals surface area (Å²) in [6.07, 6.45) is 2.81. The number of carbonyl (C=O) groups excluding carboxylic acids is 1. The number of nitrogens with zero attached hydrogens (tertiary/aromatic N) is 3. The van der Waals surface area contributed by atoms with Crippen LogP contribution in [0.3, 0.4) is 0 Å². The van der Waals surface area contributed by atoms with Crippen LogP contribution in [-0.2, 0) is 7.05 Å². The van der Waals surface area contributed by atoms with Crippen molar-refractivity contribution in [3.8, 4) is 0 Å². The number of rotatable bonds is 3. The monoisotopic (exact) mass is 250 g/mol. The number of hydrazine groups is 1. The molecule has 0 aromatic carbocycles. The molecule has 2 aromatic rings. The zero-order valence-corrected chi connectivity index (χ0v) is 9.51. The number of aryl methyl sites for hydroxylation is 1. The molecule has 0 saturated carbocycles. The van der Waals surface area contributed by atoms with Gasteiger partial charge in [-0.05, 0) is 6.07 Å². The van der Waals surface area contributed by atoms with Crippen LogP contribution >= 0.6 is 0 Å². The Labute approximate surface area is 102 Å². The Morgan fingerprint density at radius 3 is 2.83 bits per heavy atom. The lowest BCUT2D eigenvalue weighted by Gasteiger charge is -2.07. The molecule has 0 aliphatic carbocycles. The third kappa shape index (κ3) is 2.13. The fourth-order valence-corrected chi connectivity index (χ4v) is 1.40. The van der Waals surface area contributed by atoms with E-state index >= 15 is 0 Å². The SMILES string of the molecule is Cn1nccc1NC(=O)c1ccnc(NN)c1F. The first-order chi connectivity index (χ1) is 8.63. The van der Waals surface area contributed by atoms with Gasteiger partial charge in [0.15, 0.2) is 11.6 Å². The van der Waals surface area contributed by atoms with Crippen LogP contribution in [0.2, 0.25) is 0 Å². The maximum atomic E-state index is 13.8. The van der Waals surface area contributed by atoms with Crippen LogP contribution in [0.1, 0.15) is 10.4 Å². The highest BCUT2D eigenvalue weighted by molar-refractivity contribution is 6.04. The van der Waals surface area contributed by atoms with Gasteiger partial charge in [-0.2, -0.15) is 5.10 Å². The molecule has 0 saturated heterocycles. The van der Waals surface area contributed by atoms with E-state index in [1.54, 1.807) is 13.1 Å². The zero-order chi connectivity index (χ0) is 13.1. The number of hydrogen-bond acceptors (Lipinski definition) is 5. The fourth-order valence-electron chi connectivity index (χ4n) is 1.40. The second kappa shape index (κ2) is 4.80. The van der Waals surface area contributed by atoms with Gasteiger partial charge in [-0.25, -0.2) is 15.2 Å². The van der Waals surface area contributed by atoms with Crippen molar-refractivity contribution in [3.63, 3.8) is 0 Å².